The molecular formula is C21H23N5S2. The van der Waals surface area contributed by atoms with Crippen LogP contribution in [0.25, 0.3) is 32.6 Å². The number of thiazole rings is 2. The molecule has 0 saturated carbocycles. The van der Waals surface area contributed by atoms with Gasteiger partial charge in [-0.05, 0) is 50.8 Å². The van der Waals surface area contributed by atoms with Crippen LogP contribution < -0.4 is 10.6 Å². The standard InChI is InChI=1S/C21H23N5S2/c1-12-5-3-4-8-26(12)21-25-18(11-27-21)16-10-23-17-7-6-14(9-15(16)17)19-13(2)24-20(22)28-19/h6-7,9-12,23H,3-5,8H2,1-2H3,(H2,22,24). The first-order chi connectivity index (χ1) is 13.6. The second kappa shape index (κ2) is 6.90. The molecule has 5 nitrogen and oxygen atoms in total. The molecule has 0 radical (unpaired) electrons. The van der Waals surface area contributed by atoms with Crippen LogP contribution in [0.5, 0.6) is 0 Å². The van der Waals surface area contributed by atoms with Crippen molar-refractivity contribution in [2.75, 3.05) is 17.2 Å². The number of rotatable bonds is 3. The largest absolute Gasteiger partial charge is 0.375 e. The van der Waals surface area contributed by atoms with Crippen LogP contribution in [-0.2, 0) is 0 Å². The van der Waals surface area contributed by atoms with Crippen LogP contribution in [-0.4, -0.2) is 27.5 Å². The Bertz CT molecular complexity index is 1140. The SMILES string of the molecule is Cc1nc(N)sc1-c1ccc2[nH]cc(-c3csc(N4CCCCC4C)n3)c2c1. The van der Waals surface area contributed by atoms with Gasteiger partial charge in [-0.3, -0.25) is 0 Å². The van der Waals surface area contributed by atoms with E-state index in [1.165, 1.54) is 36.0 Å². The number of piperidine rings is 1. The molecule has 7 heteroatoms. The number of anilines is 2. The van der Waals surface area contributed by atoms with Gasteiger partial charge in [0.1, 0.15) is 0 Å². The predicted octanol–water partition coefficient (Wildman–Crippen LogP) is 5.68. The quantitative estimate of drug-likeness (QED) is 0.456. The molecule has 4 heterocycles. The zero-order valence-electron chi connectivity index (χ0n) is 16.0. The van der Waals surface area contributed by atoms with E-state index in [-0.39, 0.29) is 0 Å². The van der Waals surface area contributed by atoms with Gasteiger partial charge in [0.2, 0.25) is 0 Å². The highest BCUT2D eigenvalue weighted by Gasteiger charge is 2.22. The Morgan fingerprint density at radius 1 is 1.25 bits per heavy atom. The fraction of sp³-hybridized carbons (Fsp3) is 0.333. The Hall–Kier alpha value is -2.38. The Morgan fingerprint density at radius 2 is 2.14 bits per heavy atom. The molecule has 4 aromatic rings. The first-order valence-electron chi connectivity index (χ1n) is 9.67. The Labute approximate surface area is 172 Å². The zero-order valence-corrected chi connectivity index (χ0v) is 17.7. The van der Waals surface area contributed by atoms with Gasteiger partial charge in [-0.25, -0.2) is 9.97 Å². The van der Waals surface area contributed by atoms with Gasteiger partial charge in [0.05, 0.1) is 16.3 Å². The smallest absolute Gasteiger partial charge is 0.186 e. The molecule has 3 N–H and O–H groups in total. The van der Waals surface area contributed by atoms with Gasteiger partial charge < -0.3 is 15.6 Å². The summed E-state index contributed by atoms with van der Waals surface area (Å²) in [4.78, 5) is 16.4. The normalized spacial score (nSPS) is 17.5. The van der Waals surface area contributed by atoms with Crippen LogP contribution in [0.1, 0.15) is 31.9 Å². The fourth-order valence-corrected chi connectivity index (χ4v) is 5.85. The van der Waals surface area contributed by atoms with Gasteiger partial charge in [-0.1, -0.05) is 17.4 Å². The molecule has 1 atom stereocenters. The lowest BCUT2D eigenvalue weighted by atomic mass is 10.0. The van der Waals surface area contributed by atoms with Gasteiger partial charge in [-0.15, -0.1) is 11.3 Å². The first kappa shape index (κ1) is 17.7. The van der Waals surface area contributed by atoms with E-state index in [2.05, 4.69) is 51.6 Å². The number of hydrogen-bond donors (Lipinski definition) is 2. The summed E-state index contributed by atoms with van der Waals surface area (Å²) in [5.74, 6) is 0. The number of aromatic nitrogens is 3. The summed E-state index contributed by atoms with van der Waals surface area (Å²) in [6.07, 6.45) is 5.90. The van der Waals surface area contributed by atoms with Crippen molar-refractivity contribution in [3.63, 3.8) is 0 Å². The lowest BCUT2D eigenvalue weighted by Crippen LogP contribution is -2.37. The molecular weight excluding hydrogens is 386 g/mol. The summed E-state index contributed by atoms with van der Waals surface area (Å²) in [5, 5.41) is 5.12. The minimum atomic E-state index is 0.571. The lowest BCUT2D eigenvalue weighted by molar-refractivity contribution is 0.484. The van der Waals surface area contributed by atoms with Crippen molar-refractivity contribution < 1.29 is 0 Å². The number of H-pyrrole nitrogens is 1. The minimum Gasteiger partial charge on any atom is -0.375 e. The van der Waals surface area contributed by atoms with E-state index in [4.69, 9.17) is 10.7 Å². The molecule has 1 aliphatic heterocycles. The van der Waals surface area contributed by atoms with E-state index in [0.29, 0.717) is 11.2 Å². The van der Waals surface area contributed by atoms with Crippen LogP contribution in [0.4, 0.5) is 10.3 Å². The first-order valence-corrected chi connectivity index (χ1v) is 11.4. The molecule has 144 valence electrons. The number of nitrogens with one attached hydrogen (secondary N) is 1. The summed E-state index contributed by atoms with van der Waals surface area (Å²) >= 11 is 3.29. The van der Waals surface area contributed by atoms with Gasteiger partial charge in [0.15, 0.2) is 10.3 Å². The highest BCUT2D eigenvalue weighted by molar-refractivity contribution is 7.18. The highest BCUT2D eigenvalue weighted by Crippen LogP contribution is 2.38. The molecule has 0 spiro atoms. The van der Waals surface area contributed by atoms with E-state index in [0.717, 1.165) is 44.6 Å². The van der Waals surface area contributed by atoms with E-state index >= 15 is 0 Å². The Balaban J connectivity index is 1.54. The van der Waals surface area contributed by atoms with Gasteiger partial charge >= 0.3 is 0 Å². The molecule has 1 saturated heterocycles. The number of benzene rings is 1. The molecule has 3 aromatic heterocycles. The topological polar surface area (TPSA) is 70.8 Å². The number of fused-ring (bicyclic) bond motifs is 1. The molecule has 0 aliphatic carbocycles. The Morgan fingerprint density at radius 3 is 2.93 bits per heavy atom. The molecule has 0 bridgehead atoms. The number of nitrogen functional groups attached to an aromatic ring is 1. The lowest BCUT2D eigenvalue weighted by Gasteiger charge is -2.33. The van der Waals surface area contributed by atoms with Crippen molar-refractivity contribution in [1.82, 2.24) is 15.0 Å². The molecule has 5 rings (SSSR count). The monoisotopic (exact) mass is 409 g/mol. The maximum atomic E-state index is 5.90. The van der Waals surface area contributed by atoms with Crippen LogP contribution in [0.15, 0.2) is 29.8 Å². The number of hydrogen-bond acceptors (Lipinski definition) is 6. The van der Waals surface area contributed by atoms with Gasteiger partial charge in [-0.2, -0.15) is 0 Å². The van der Waals surface area contributed by atoms with Crippen molar-refractivity contribution in [2.24, 2.45) is 0 Å². The Kier molecular flexibility index (Phi) is 4.36. The summed E-state index contributed by atoms with van der Waals surface area (Å²) < 4.78 is 0. The summed E-state index contributed by atoms with van der Waals surface area (Å²) in [5.41, 5.74) is 11.4. The van der Waals surface area contributed by atoms with Crippen molar-refractivity contribution in [3.8, 4) is 21.7 Å². The van der Waals surface area contributed by atoms with Crippen molar-refractivity contribution in [3.05, 3.63) is 35.5 Å². The maximum absolute atomic E-state index is 5.90. The second-order valence-corrected chi connectivity index (χ2v) is 9.35. The third-order valence-electron chi connectivity index (χ3n) is 5.57. The molecule has 1 aliphatic rings. The second-order valence-electron chi connectivity index (χ2n) is 7.48. The summed E-state index contributed by atoms with van der Waals surface area (Å²) in [7, 11) is 0. The van der Waals surface area contributed by atoms with E-state index in [1.807, 2.05) is 6.92 Å². The molecule has 0 amide bonds. The van der Waals surface area contributed by atoms with E-state index in [1.54, 1.807) is 11.3 Å². The summed E-state index contributed by atoms with van der Waals surface area (Å²) in [6, 6.07) is 7.06. The number of aryl methyl sites for hydroxylation is 1. The molecule has 28 heavy (non-hydrogen) atoms. The third kappa shape index (κ3) is 2.99. The number of nitrogens with zero attached hydrogens (tertiary/aromatic N) is 3. The molecule has 1 fully saturated rings. The van der Waals surface area contributed by atoms with E-state index < -0.39 is 0 Å². The van der Waals surface area contributed by atoms with Crippen molar-refractivity contribution >= 4 is 43.8 Å². The highest BCUT2D eigenvalue weighted by atomic mass is 32.1. The summed E-state index contributed by atoms with van der Waals surface area (Å²) in [6.45, 7) is 5.43. The van der Waals surface area contributed by atoms with Crippen LogP contribution in [0.2, 0.25) is 0 Å². The fourth-order valence-electron chi connectivity index (χ4n) is 4.06. The number of aromatic amines is 1. The third-order valence-corrected chi connectivity index (χ3v) is 7.49. The van der Waals surface area contributed by atoms with Crippen LogP contribution in [0, 0.1) is 6.92 Å². The average Bonchev–Trinajstić information content (AvgIpc) is 3.39. The van der Waals surface area contributed by atoms with Crippen LogP contribution in [0.3, 0.4) is 0 Å². The van der Waals surface area contributed by atoms with Crippen LogP contribution >= 0.6 is 22.7 Å². The predicted molar refractivity (Wildman–Crippen MR) is 120 cm³/mol. The van der Waals surface area contributed by atoms with E-state index in [9.17, 15) is 0 Å². The van der Waals surface area contributed by atoms with Crippen molar-refractivity contribution in [1.29, 1.82) is 0 Å². The minimum absolute atomic E-state index is 0.571. The average molecular weight is 410 g/mol. The van der Waals surface area contributed by atoms with Crippen molar-refractivity contribution in [2.45, 2.75) is 39.2 Å². The maximum Gasteiger partial charge on any atom is 0.186 e. The molecule has 1 unspecified atom stereocenters. The number of nitrogens with two attached hydrogens (primary N) is 1. The van der Waals surface area contributed by atoms with Gasteiger partial charge in [0.25, 0.3) is 0 Å². The van der Waals surface area contributed by atoms with Gasteiger partial charge in [0, 0.05) is 40.6 Å². The molecule has 1 aromatic carbocycles. The zero-order chi connectivity index (χ0) is 19.3.